The summed E-state index contributed by atoms with van der Waals surface area (Å²) in [5, 5.41) is 9.26. The second-order valence-electron chi connectivity index (χ2n) is 6.16. The number of nitriles is 1. The van der Waals surface area contributed by atoms with E-state index in [-0.39, 0.29) is 5.41 Å². The molecular formula is C11H21NOSi. The molecule has 0 N–H and O–H groups in total. The fourth-order valence-corrected chi connectivity index (χ4v) is 3.67. The molecule has 0 heterocycles. The van der Waals surface area contributed by atoms with Gasteiger partial charge in [0, 0.05) is 0 Å². The van der Waals surface area contributed by atoms with E-state index in [0.29, 0.717) is 0 Å². The third-order valence-electron chi connectivity index (χ3n) is 2.68. The zero-order valence-corrected chi connectivity index (χ0v) is 11.0. The molecule has 0 aliphatic heterocycles. The summed E-state index contributed by atoms with van der Waals surface area (Å²) in [6.45, 7) is 10.9. The molecule has 2 nitrogen and oxygen atoms in total. The Morgan fingerprint density at radius 3 is 2.07 bits per heavy atom. The van der Waals surface area contributed by atoms with Crippen LogP contribution in [0.15, 0.2) is 0 Å². The first kappa shape index (κ1) is 11.7. The van der Waals surface area contributed by atoms with Crippen molar-refractivity contribution in [3.63, 3.8) is 0 Å². The van der Waals surface area contributed by atoms with E-state index in [1.54, 1.807) is 0 Å². The molecular weight excluding hydrogens is 190 g/mol. The topological polar surface area (TPSA) is 33.0 Å². The summed E-state index contributed by atoms with van der Waals surface area (Å²) in [6, 6.07) is 2.40. The molecule has 0 aromatic heterocycles. The molecule has 0 bridgehead atoms. The lowest BCUT2D eigenvalue weighted by atomic mass is 9.90. The lowest BCUT2D eigenvalue weighted by molar-refractivity contribution is 0.115. The van der Waals surface area contributed by atoms with Gasteiger partial charge in [0.25, 0.3) is 0 Å². The molecule has 1 unspecified atom stereocenters. The van der Waals surface area contributed by atoms with E-state index in [4.69, 9.17) is 4.43 Å². The SMILES string of the molecule is CC1(C)CCC(C#N)(O[Si](C)(C)C)C1. The molecule has 0 saturated heterocycles. The summed E-state index contributed by atoms with van der Waals surface area (Å²) < 4.78 is 6.05. The van der Waals surface area contributed by atoms with Crippen LogP contribution in [0.25, 0.3) is 0 Å². The summed E-state index contributed by atoms with van der Waals surface area (Å²) in [4.78, 5) is 0. The van der Waals surface area contributed by atoms with Gasteiger partial charge in [0.05, 0.1) is 6.07 Å². The maximum Gasteiger partial charge on any atom is 0.185 e. The highest BCUT2D eigenvalue weighted by atomic mass is 28.4. The van der Waals surface area contributed by atoms with E-state index in [2.05, 4.69) is 39.6 Å². The Kier molecular flexibility index (Phi) is 2.81. The van der Waals surface area contributed by atoms with Gasteiger partial charge in [-0.25, -0.2) is 0 Å². The minimum Gasteiger partial charge on any atom is -0.400 e. The maximum absolute atomic E-state index is 9.26. The normalized spacial score (nSPS) is 31.4. The molecule has 0 amide bonds. The van der Waals surface area contributed by atoms with Crippen molar-refractivity contribution in [2.24, 2.45) is 5.41 Å². The van der Waals surface area contributed by atoms with Crippen LogP contribution in [0.3, 0.4) is 0 Å². The van der Waals surface area contributed by atoms with Crippen LogP contribution >= 0.6 is 0 Å². The molecule has 1 aliphatic carbocycles. The predicted molar refractivity (Wildman–Crippen MR) is 60.4 cm³/mol. The van der Waals surface area contributed by atoms with Crippen molar-refractivity contribution in [3.8, 4) is 6.07 Å². The van der Waals surface area contributed by atoms with E-state index >= 15 is 0 Å². The smallest absolute Gasteiger partial charge is 0.185 e. The van der Waals surface area contributed by atoms with E-state index in [9.17, 15) is 5.26 Å². The largest absolute Gasteiger partial charge is 0.400 e. The van der Waals surface area contributed by atoms with Crippen molar-refractivity contribution in [2.45, 2.75) is 58.4 Å². The van der Waals surface area contributed by atoms with Crippen molar-refractivity contribution >= 4 is 8.32 Å². The Hall–Kier alpha value is -0.333. The average Bonchev–Trinajstić information content (AvgIpc) is 2.24. The molecule has 1 saturated carbocycles. The van der Waals surface area contributed by atoms with Crippen LogP contribution < -0.4 is 0 Å². The zero-order chi connectivity index (χ0) is 11.0. The highest BCUT2D eigenvalue weighted by Crippen LogP contribution is 2.46. The molecule has 1 atom stereocenters. The molecule has 0 radical (unpaired) electrons. The van der Waals surface area contributed by atoms with Gasteiger partial charge in [-0.2, -0.15) is 5.26 Å². The summed E-state index contributed by atoms with van der Waals surface area (Å²) >= 11 is 0. The molecule has 14 heavy (non-hydrogen) atoms. The van der Waals surface area contributed by atoms with Crippen molar-refractivity contribution in [1.29, 1.82) is 5.26 Å². The number of nitrogens with zero attached hydrogens (tertiary/aromatic N) is 1. The van der Waals surface area contributed by atoms with Gasteiger partial charge in [-0.3, -0.25) is 0 Å². The molecule has 0 aromatic carbocycles. The second-order valence-corrected chi connectivity index (χ2v) is 10.6. The van der Waals surface area contributed by atoms with Gasteiger partial charge in [0.1, 0.15) is 5.60 Å². The second kappa shape index (κ2) is 3.36. The van der Waals surface area contributed by atoms with Gasteiger partial charge in [-0.05, 0) is 44.3 Å². The Morgan fingerprint density at radius 2 is 1.79 bits per heavy atom. The summed E-state index contributed by atoms with van der Waals surface area (Å²) in [5.74, 6) is 0. The minimum atomic E-state index is -1.60. The molecule has 1 rings (SSSR count). The Labute approximate surface area is 88.4 Å². The number of hydrogen-bond acceptors (Lipinski definition) is 2. The van der Waals surface area contributed by atoms with E-state index < -0.39 is 13.9 Å². The van der Waals surface area contributed by atoms with Crippen molar-refractivity contribution in [2.75, 3.05) is 0 Å². The first-order valence-electron chi connectivity index (χ1n) is 5.30. The summed E-state index contributed by atoms with van der Waals surface area (Å²) in [7, 11) is -1.60. The first-order chi connectivity index (χ1) is 6.18. The van der Waals surface area contributed by atoms with Gasteiger partial charge >= 0.3 is 0 Å². The standard InChI is InChI=1S/C11H21NOSi/c1-10(2)6-7-11(8-10,9-12)13-14(3,4)5/h6-8H2,1-5H3. The quantitative estimate of drug-likeness (QED) is 0.656. The van der Waals surface area contributed by atoms with Crippen LogP contribution in [0.2, 0.25) is 19.6 Å². The molecule has 1 fully saturated rings. The summed E-state index contributed by atoms with van der Waals surface area (Å²) in [6.07, 6.45) is 2.90. The fraction of sp³-hybridized carbons (Fsp3) is 0.909. The Morgan fingerprint density at radius 1 is 1.21 bits per heavy atom. The third-order valence-corrected chi connectivity index (χ3v) is 3.68. The Bertz CT molecular complexity index is 261. The van der Waals surface area contributed by atoms with Gasteiger partial charge in [0.15, 0.2) is 8.32 Å². The van der Waals surface area contributed by atoms with Crippen molar-refractivity contribution in [3.05, 3.63) is 0 Å². The molecule has 1 aliphatic rings. The Balaban J connectivity index is 2.77. The average molecular weight is 211 g/mol. The predicted octanol–water partition coefficient (Wildman–Crippen LogP) is 3.31. The maximum atomic E-state index is 9.26. The van der Waals surface area contributed by atoms with Crippen LogP contribution in [0.1, 0.15) is 33.1 Å². The minimum absolute atomic E-state index is 0.273. The molecule has 80 valence electrons. The van der Waals surface area contributed by atoms with Gasteiger partial charge in [-0.1, -0.05) is 13.8 Å². The van der Waals surface area contributed by atoms with Gasteiger partial charge < -0.3 is 4.43 Å². The third kappa shape index (κ3) is 2.83. The zero-order valence-electron chi connectivity index (χ0n) is 9.98. The summed E-state index contributed by atoms with van der Waals surface area (Å²) in [5.41, 5.74) is -0.205. The van der Waals surface area contributed by atoms with Crippen LogP contribution in [0.4, 0.5) is 0 Å². The monoisotopic (exact) mass is 211 g/mol. The highest BCUT2D eigenvalue weighted by molar-refractivity contribution is 6.69. The lowest BCUT2D eigenvalue weighted by Gasteiger charge is -2.31. The van der Waals surface area contributed by atoms with Crippen molar-refractivity contribution in [1.82, 2.24) is 0 Å². The fourth-order valence-electron chi connectivity index (χ4n) is 2.28. The highest BCUT2D eigenvalue weighted by Gasteiger charge is 2.46. The number of hydrogen-bond donors (Lipinski definition) is 0. The van der Waals surface area contributed by atoms with Gasteiger partial charge in [0.2, 0.25) is 0 Å². The van der Waals surface area contributed by atoms with Crippen molar-refractivity contribution < 1.29 is 4.43 Å². The lowest BCUT2D eigenvalue weighted by Crippen LogP contribution is -2.40. The molecule has 0 spiro atoms. The molecule has 3 heteroatoms. The van der Waals surface area contributed by atoms with Crippen LogP contribution in [-0.2, 0) is 4.43 Å². The van der Waals surface area contributed by atoms with Crippen LogP contribution in [0.5, 0.6) is 0 Å². The van der Waals surface area contributed by atoms with Crippen LogP contribution in [-0.4, -0.2) is 13.9 Å². The molecule has 0 aromatic rings. The van der Waals surface area contributed by atoms with Crippen LogP contribution in [0, 0.1) is 16.7 Å². The van der Waals surface area contributed by atoms with E-state index in [1.807, 2.05) is 0 Å². The number of rotatable bonds is 2. The van der Waals surface area contributed by atoms with Gasteiger partial charge in [-0.15, -0.1) is 0 Å². The first-order valence-corrected chi connectivity index (χ1v) is 8.70. The van der Waals surface area contributed by atoms with E-state index in [0.717, 1.165) is 19.3 Å². The van der Waals surface area contributed by atoms with E-state index in [1.165, 1.54) is 0 Å².